The minimum absolute atomic E-state index is 0.106. The molecule has 8 heteroatoms. The van der Waals surface area contributed by atoms with E-state index in [2.05, 4.69) is 0 Å². The van der Waals surface area contributed by atoms with Crippen molar-refractivity contribution in [3.63, 3.8) is 0 Å². The Labute approximate surface area is 146 Å². The van der Waals surface area contributed by atoms with Crippen LogP contribution in [0, 0.1) is 34.9 Å². The van der Waals surface area contributed by atoms with Gasteiger partial charge in [-0.1, -0.05) is 0 Å². The number of phenolic OH excluding ortho intramolecular Hbond substituents is 1. The van der Waals surface area contributed by atoms with Crippen LogP contribution in [0.1, 0.15) is 0 Å². The van der Waals surface area contributed by atoms with Crippen molar-refractivity contribution >= 4 is 10.9 Å². The minimum atomic E-state index is -1.68. The van der Waals surface area contributed by atoms with Crippen LogP contribution in [-0.2, 0) is 10.9 Å². The lowest BCUT2D eigenvalue weighted by Gasteiger charge is -2.09. The molecule has 134 valence electrons. The van der Waals surface area contributed by atoms with Gasteiger partial charge in [-0.05, 0) is 24.3 Å². The van der Waals surface area contributed by atoms with Gasteiger partial charge in [0.2, 0.25) is 0 Å². The molecule has 0 aliphatic carbocycles. The van der Waals surface area contributed by atoms with E-state index in [4.69, 9.17) is 0 Å². The van der Waals surface area contributed by atoms with E-state index >= 15 is 0 Å². The van der Waals surface area contributed by atoms with Crippen molar-refractivity contribution in [1.29, 1.82) is 0 Å². The molecular formula is C18H9F6OS+. The number of aromatic hydroxyl groups is 1. The Morgan fingerprint density at radius 1 is 0.538 bits per heavy atom. The van der Waals surface area contributed by atoms with Gasteiger partial charge in [-0.15, -0.1) is 0 Å². The third-order valence-corrected chi connectivity index (χ3v) is 5.62. The highest BCUT2D eigenvalue weighted by molar-refractivity contribution is 7.97. The molecule has 0 saturated heterocycles. The summed E-state index contributed by atoms with van der Waals surface area (Å²) in [6.45, 7) is 0. The molecule has 1 N–H and O–H groups in total. The monoisotopic (exact) mass is 387 g/mol. The minimum Gasteiger partial charge on any atom is -0.508 e. The predicted octanol–water partition coefficient (Wildman–Crippen LogP) is 5.32. The van der Waals surface area contributed by atoms with E-state index in [-0.39, 0.29) is 15.5 Å². The van der Waals surface area contributed by atoms with Gasteiger partial charge in [0, 0.05) is 24.3 Å². The smallest absolute Gasteiger partial charge is 0.194 e. The van der Waals surface area contributed by atoms with Crippen LogP contribution in [0.15, 0.2) is 63.2 Å². The maximum Gasteiger partial charge on any atom is 0.194 e. The third kappa shape index (κ3) is 3.37. The quantitative estimate of drug-likeness (QED) is 0.366. The first kappa shape index (κ1) is 18.2. The van der Waals surface area contributed by atoms with Crippen LogP contribution in [-0.4, -0.2) is 5.11 Å². The molecule has 0 unspecified atom stereocenters. The van der Waals surface area contributed by atoms with E-state index in [0.717, 1.165) is 0 Å². The topological polar surface area (TPSA) is 20.2 Å². The van der Waals surface area contributed by atoms with Gasteiger partial charge in [-0.25, -0.2) is 26.3 Å². The number of hydrogen-bond acceptors (Lipinski definition) is 1. The molecule has 0 spiro atoms. The average molecular weight is 387 g/mol. The maximum atomic E-state index is 13.7. The van der Waals surface area contributed by atoms with E-state index in [1.165, 1.54) is 24.3 Å². The Morgan fingerprint density at radius 2 is 0.885 bits per heavy atom. The molecule has 0 radical (unpaired) electrons. The fourth-order valence-corrected chi connectivity index (χ4v) is 4.40. The molecular weight excluding hydrogens is 378 g/mol. The van der Waals surface area contributed by atoms with Gasteiger partial charge in [0.25, 0.3) is 0 Å². The summed E-state index contributed by atoms with van der Waals surface area (Å²) in [5, 5.41) is 9.39. The molecule has 0 amide bonds. The lowest BCUT2D eigenvalue weighted by atomic mass is 10.3. The number of phenols is 1. The predicted molar refractivity (Wildman–Crippen MR) is 82.9 cm³/mol. The van der Waals surface area contributed by atoms with E-state index < -0.39 is 45.8 Å². The number of rotatable bonds is 3. The van der Waals surface area contributed by atoms with Gasteiger partial charge < -0.3 is 5.11 Å². The second-order valence-electron chi connectivity index (χ2n) is 5.20. The zero-order chi connectivity index (χ0) is 19.0. The summed E-state index contributed by atoms with van der Waals surface area (Å²) in [7, 11) is -1.48. The lowest BCUT2D eigenvalue weighted by Crippen LogP contribution is -2.09. The Kier molecular flexibility index (Phi) is 4.86. The summed E-state index contributed by atoms with van der Waals surface area (Å²) in [6.07, 6.45) is 0. The van der Waals surface area contributed by atoms with Crippen molar-refractivity contribution in [3.8, 4) is 5.75 Å². The normalized spacial score (nSPS) is 11.2. The standard InChI is InChI=1S/C18H8F6OS/c19-13-5-11(6-14(20)17(13)23)26(10-3-1-9(25)2-4-10)12-7-15(21)18(24)16(22)8-12/h1-8H/p+1. The average Bonchev–Trinajstić information content (AvgIpc) is 2.59. The van der Waals surface area contributed by atoms with Crippen LogP contribution in [0.4, 0.5) is 26.3 Å². The second-order valence-corrected chi connectivity index (χ2v) is 7.23. The first-order chi connectivity index (χ1) is 12.3. The summed E-state index contributed by atoms with van der Waals surface area (Å²) >= 11 is 0. The largest absolute Gasteiger partial charge is 0.508 e. The molecule has 0 heterocycles. The summed E-state index contributed by atoms with van der Waals surface area (Å²) < 4.78 is 81.2. The number of hydrogen-bond donors (Lipinski definition) is 1. The molecule has 1 nitrogen and oxygen atoms in total. The molecule has 0 aromatic heterocycles. The highest BCUT2D eigenvalue weighted by atomic mass is 32.2. The van der Waals surface area contributed by atoms with Crippen molar-refractivity contribution in [2.75, 3.05) is 0 Å². The number of halogens is 6. The molecule has 3 aromatic carbocycles. The Morgan fingerprint density at radius 3 is 1.23 bits per heavy atom. The van der Waals surface area contributed by atoms with Gasteiger partial charge in [0.1, 0.15) is 5.75 Å². The SMILES string of the molecule is Oc1ccc([S+](c2cc(F)c(F)c(F)c2)c2cc(F)c(F)c(F)c2)cc1. The summed E-state index contributed by atoms with van der Waals surface area (Å²) in [5.74, 6) is -9.36. The highest BCUT2D eigenvalue weighted by Gasteiger charge is 2.33. The van der Waals surface area contributed by atoms with Crippen molar-refractivity contribution in [2.45, 2.75) is 14.7 Å². The first-order valence-corrected chi connectivity index (χ1v) is 8.33. The van der Waals surface area contributed by atoms with E-state index in [1.807, 2.05) is 0 Å². The fourth-order valence-electron chi connectivity index (χ4n) is 2.29. The van der Waals surface area contributed by atoms with Crippen LogP contribution < -0.4 is 0 Å². The summed E-state index contributed by atoms with van der Waals surface area (Å²) in [4.78, 5) is 0.0913. The molecule has 0 aliphatic rings. The Balaban J connectivity index is 2.25. The van der Waals surface area contributed by atoms with E-state index in [0.29, 0.717) is 29.2 Å². The molecule has 0 bridgehead atoms. The van der Waals surface area contributed by atoms with Crippen LogP contribution in [0.25, 0.3) is 0 Å². The molecule has 0 atom stereocenters. The Bertz CT molecular complexity index is 870. The molecule has 0 fully saturated rings. The maximum absolute atomic E-state index is 13.7. The van der Waals surface area contributed by atoms with E-state index in [1.54, 1.807) is 0 Å². The second kappa shape index (κ2) is 6.95. The highest BCUT2D eigenvalue weighted by Crippen LogP contribution is 2.34. The zero-order valence-corrected chi connectivity index (χ0v) is 13.6. The first-order valence-electron chi connectivity index (χ1n) is 7.10. The van der Waals surface area contributed by atoms with Gasteiger partial charge in [-0.2, -0.15) is 0 Å². The van der Waals surface area contributed by atoms with Crippen molar-refractivity contribution in [1.82, 2.24) is 0 Å². The van der Waals surface area contributed by atoms with Gasteiger partial charge in [0.15, 0.2) is 49.6 Å². The molecule has 26 heavy (non-hydrogen) atoms. The van der Waals surface area contributed by atoms with Crippen LogP contribution in [0.5, 0.6) is 5.75 Å². The van der Waals surface area contributed by atoms with Crippen molar-refractivity contribution in [2.24, 2.45) is 0 Å². The van der Waals surface area contributed by atoms with E-state index in [9.17, 15) is 31.4 Å². The number of benzene rings is 3. The molecule has 0 aliphatic heterocycles. The molecule has 3 aromatic rings. The van der Waals surface area contributed by atoms with Crippen molar-refractivity contribution in [3.05, 3.63) is 83.4 Å². The van der Waals surface area contributed by atoms with Crippen LogP contribution >= 0.6 is 0 Å². The zero-order valence-electron chi connectivity index (χ0n) is 12.7. The van der Waals surface area contributed by atoms with Crippen molar-refractivity contribution < 1.29 is 31.4 Å². The Hall–Kier alpha value is -2.61. The third-order valence-electron chi connectivity index (χ3n) is 3.46. The van der Waals surface area contributed by atoms with Crippen LogP contribution in [0.2, 0.25) is 0 Å². The lowest BCUT2D eigenvalue weighted by molar-refractivity contribution is 0.442. The van der Waals surface area contributed by atoms with Crippen LogP contribution in [0.3, 0.4) is 0 Å². The molecule has 0 saturated carbocycles. The fraction of sp³-hybridized carbons (Fsp3) is 0. The van der Waals surface area contributed by atoms with Gasteiger partial charge in [0.05, 0.1) is 10.9 Å². The molecule has 3 rings (SSSR count). The summed E-state index contributed by atoms with van der Waals surface area (Å²) in [6, 6.07) is 8.08. The van der Waals surface area contributed by atoms with Gasteiger partial charge >= 0.3 is 0 Å². The van der Waals surface area contributed by atoms with Gasteiger partial charge in [-0.3, -0.25) is 0 Å². The summed E-state index contributed by atoms with van der Waals surface area (Å²) in [5.41, 5.74) is 0.